The lowest BCUT2D eigenvalue weighted by atomic mass is 10.0. The van der Waals surface area contributed by atoms with Crippen molar-refractivity contribution in [1.29, 1.82) is 0 Å². The molecule has 0 radical (unpaired) electrons. The smallest absolute Gasteiger partial charge is 0.254 e. The summed E-state index contributed by atoms with van der Waals surface area (Å²) in [6.45, 7) is 7.07. The monoisotopic (exact) mass is 266 g/mol. The molecule has 1 aliphatic heterocycles. The van der Waals surface area contributed by atoms with Gasteiger partial charge < -0.3 is 14.2 Å². The molecule has 1 aromatic rings. The minimum Gasteiger partial charge on any atom is -0.365 e. The molecule has 1 atom stereocenters. The molecule has 0 spiro atoms. The highest BCUT2D eigenvalue weighted by molar-refractivity contribution is 5.84. The second-order valence-corrected chi connectivity index (χ2v) is 5.72. The SMILES string of the molecule is CC(C)c1cc(CN(C)C(=O)[C@@]2(C)CCCO2)on1. The number of aromatic nitrogens is 1. The summed E-state index contributed by atoms with van der Waals surface area (Å²) in [7, 11) is 1.77. The number of carbonyl (C=O) groups excluding carboxylic acids is 1. The van der Waals surface area contributed by atoms with Crippen molar-refractivity contribution in [2.45, 2.75) is 51.7 Å². The summed E-state index contributed by atoms with van der Waals surface area (Å²) in [6.07, 6.45) is 1.72. The molecule has 5 heteroatoms. The van der Waals surface area contributed by atoms with Crippen LogP contribution in [0.5, 0.6) is 0 Å². The summed E-state index contributed by atoms with van der Waals surface area (Å²) < 4.78 is 10.8. The quantitative estimate of drug-likeness (QED) is 0.839. The van der Waals surface area contributed by atoms with Crippen LogP contribution in [0.1, 0.15) is 51.0 Å². The molecule has 0 saturated carbocycles. The Morgan fingerprint density at radius 2 is 2.32 bits per heavy atom. The normalized spacial score (nSPS) is 23.0. The molecule has 0 bridgehead atoms. The van der Waals surface area contributed by atoms with E-state index in [2.05, 4.69) is 19.0 Å². The molecule has 19 heavy (non-hydrogen) atoms. The van der Waals surface area contributed by atoms with Crippen molar-refractivity contribution in [3.05, 3.63) is 17.5 Å². The van der Waals surface area contributed by atoms with Gasteiger partial charge in [-0.15, -0.1) is 0 Å². The van der Waals surface area contributed by atoms with Crippen molar-refractivity contribution in [2.24, 2.45) is 0 Å². The van der Waals surface area contributed by atoms with Gasteiger partial charge in [-0.25, -0.2) is 0 Å². The maximum absolute atomic E-state index is 12.4. The summed E-state index contributed by atoms with van der Waals surface area (Å²) >= 11 is 0. The predicted octanol–water partition coefficient (Wildman–Crippen LogP) is 2.33. The third kappa shape index (κ3) is 2.97. The molecule has 0 aliphatic carbocycles. The van der Waals surface area contributed by atoms with Crippen LogP contribution in [0.25, 0.3) is 0 Å². The molecular formula is C14H22N2O3. The van der Waals surface area contributed by atoms with Crippen molar-refractivity contribution in [3.8, 4) is 0 Å². The number of hydrogen-bond acceptors (Lipinski definition) is 4. The van der Waals surface area contributed by atoms with Gasteiger partial charge in [0.1, 0.15) is 5.60 Å². The summed E-state index contributed by atoms with van der Waals surface area (Å²) in [5, 5.41) is 4.00. The molecular weight excluding hydrogens is 244 g/mol. The highest BCUT2D eigenvalue weighted by atomic mass is 16.5. The Labute approximate surface area is 113 Å². The van der Waals surface area contributed by atoms with Crippen LogP contribution in [-0.4, -0.2) is 35.2 Å². The fraction of sp³-hybridized carbons (Fsp3) is 0.714. The molecule has 1 aliphatic rings. The van der Waals surface area contributed by atoms with E-state index in [1.807, 2.05) is 13.0 Å². The van der Waals surface area contributed by atoms with E-state index in [4.69, 9.17) is 9.26 Å². The van der Waals surface area contributed by atoms with E-state index in [9.17, 15) is 4.79 Å². The van der Waals surface area contributed by atoms with E-state index in [-0.39, 0.29) is 5.91 Å². The molecule has 1 aromatic heterocycles. The first-order chi connectivity index (χ1) is 8.92. The average molecular weight is 266 g/mol. The molecule has 2 heterocycles. The standard InChI is InChI=1S/C14H22N2O3/c1-10(2)12-8-11(19-15-12)9-16(4)13(17)14(3)6-5-7-18-14/h8,10H,5-7,9H2,1-4H3/t14-/m1/s1. The van der Waals surface area contributed by atoms with Crippen LogP contribution >= 0.6 is 0 Å². The van der Waals surface area contributed by atoms with E-state index >= 15 is 0 Å². The Hall–Kier alpha value is -1.36. The van der Waals surface area contributed by atoms with Gasteiger partial charge in [0.05, 0.1) is 12.2 Å². The van der Waals surface area contributed by atoms with Gasteiger partial charge in [0.2, 0.25) is 0 Å². The van der Waals surface area contributed by atoms with E-state index in [1.165, 1.54) is 0 Å². The summed E-state index contributed by atoms with van der Waals surface area (Å²) in [5.74, 6) is 1.04. The molecule has 1 amide bonds. The molecule has 0 N–H and O–H groups in total. The number of nitrogens with zero attached hydrogens (tertiary/aromatic N) is 2. The number of ether oxygens (including phenoxy) is 1. The minimum atomic E-state index is -0.671. The second kappa shape index (κ2) is 5.33. The maximum atomic E-state index is 12.4. The van der Waals surface area contributed by atoms with Crippen LogP contribution in [-0.2, 0) is 16.1 Å². The Kier molecular flexibility index (Phi) is 3.94. The van der Waals surface area contributed by atoms with Crippen molar-refractivity contribution in [1.82, 2.24) is 10.1 Å². The number of carbonyl (C=O) groups is 1. The zero-order valence-corrected chi connectivity index (χ0v) is 12.1. The van der Waals surface area contributed by atoms with Gasteiger partial charge in [-0.05, 0) is 25.7 Å². The highest BCUT2D eigenvalue weighted by Gasteiger charge is 2.39. The zero-order chi connectivity index (χ0) is 14.0. The van der Waals surface area contributed by atoms with Gasteiger partial charge in [0.15, 0.2) is 5.76 Å². The maximum Gasteiger partial charge on any atom is 0.254 e. The first-order valence-electron chi connectivity index (χ1n) is 6.77. The van der Waals surface area contributed by atoms with Gasteiger partial charge in [-0.1, -0.05) is 19.0 Å². The van der Waals surface area contributed by atoms with Crippen molar-refractivity contribution in [3.63, 3.8) is 0 Å². The summed E-state index contributed by atoms with van der Waals surface area (Å²) in [6, 6.07) is 1.91. The van der Waals surface area contributed by atoms with E-state index in [1.54, 1.807) is 11.9 Å². The summed E-state index contributed by atoms with van der Waals surface area (Å²) in [4.78, 5) is 14.0. The van der Waals surface area contributed by atoms with E-state index in [0.29, 0.717) is 24.8 Å². The van der Waals surface area contributed by atoms with Crippen molar-refractivity contribution in [2.75, 3.05) is 13.7 Å². The van der Waals surface area contributed by atoms with E-state index in [0.717, 1.165) is 18.5 Å². The van der Waals surface area contributed by atoms with Crippen LogP contribution in [0.3, 0.4) is 0 Å². The van der Waals surface area contributed by atoms with Gasteiger partial charge in [-0.3, -0.25) is 4.79 Å². The first kappa shape index (κ1) is 14.1. The molecule has 106 valence electrons. The van der Waals surface area contributed by atoms with Crippen molar-refractivity contribution >= 4 is 5.91 Å². The summed E-state index contributed by atoms with van der Waals surface area (Å²) in [5.41, 5.74) is 0.245. The predicted molar refractivity (Wildman–Crippen MR) is 70.7 cm³/mol. The van der Waals surface area contributed by atoms with Gasteiger partial charge in [0.25, 0.3) is 5.91 Å². The minimum absolute atomic E-state index is 0.00694. The molecule has 1 fully saturated rings. The van der Waals surface area contributed by atoms with Crippen LogP contribution in [0.4, 0.5) is 0 Å². The number of hydrogen-bond donors (Lipinski definition) is 0. The number of rotatable bonds is 4. The molecule has 2 rings (SSSR count). The van der Waals surface area contributed by atoms with E-state index < -0.39 is 5.60 Å². The van der Waals surface area contributed by atoms with Crippen molar-refractivity contribution < 1.29 is 14.1 Å². The third-order valence-corrected chi connectivity index (χ3v) is 3.58. The zero-order valence-electron chi connectivity index (χ0n) is 12.1. The molecule has 0 aromatic carbocycles. The lowest BCUT2D eigenvalue weighted by Gasteiger charge is -2.27. The number of likely N-dealkylation sites (N-methyl/N-ethyl adjacent to an activating group) is 1. The molecule has 1 saturated heterocycles. The fourth-order valence-electron chi connectivity index (χ4n) is 2.33. The molecule has 5 nitrogen and oxygen atoms in total. The lowest BCUT2D eigenvalue weighted by Crippen LogP contribution is -2.44. The Balaban J connectivity index is 1.99. The van der Waals surface area contributed by atoms with Gasteiger partial charge in [-0.2, -0.15) is 0 Å². The fourth-order valence-corrected chi connectivity index (χ4v) is 2.33. The van der Waals surface area contributed by atoms with Gasteiger partial charge in [0, 0.05) is 19.7 Å². The van der Waals surface area contributed by atoms with Gasteiger partial charge >= 0.3 is 0 Å². The lowest BCUT2D eigenvalue weighted by molar-refractivity contribution is -0.150. The first-order valence-corrected chi connectivity index (χ1v) is 6.77. The molecule has 0 unspecified atom stereocenters. The largest absolute Gasteiger partial charge is 0.365 e. The Bertz CT molecular complexity index is 447. The Morgan fingerprint density at radius 1 is 1.58 bits per heavy atom. The topological polar surface area (TPSA) is 55.6 Å². The third-order valence-electron chi connectivity index (χ3n) is 3.58. The average Bonchev–Trinajstić information content (AvgIpc) is 2.98. The second-order valence-electron chi connectivity index (χ2n) is 5.72. The highest BCUT2D eigenvalue weighted by Crippen LogP contribution is 2.27. The number of amides is 1. The Morgan fingerprint density at radius 3 is 2.84 bits per heavy atom. The van der Waals surface area contributed by atoms with Crippen LogP contribution < -0.4 is 0 Å². The van der Waals surface area contributed by atoms with Crippen LogP contribution in [0.2, 0.25) is 0 Å². The van der Waals surface area contributed by atoms with Crippen LogP contribution in [0, 0.1) is 0 Å². The van der Waals surface area contributed by atoms with Crippen LogP contribution in [0.15, 0.2) is 10.6 Å².